The molecule has 3 nitrogen and oxygen atoms in total. The molecule has 0 amide bonds. The summed E-state index contributed by atoms with van der Waals surface area (Å²) in [6.07, 6.45) is 2.04. The lowest BCUT2D eigenvalue weighted by molar-refractivity contribution is 0.661. The Bertz CT molecular complexity index is 3320. The highest BCUT2D eigenvalue weighted by molar-refractivity contribution is 7.25. The van der Waals surface area contributed by atoms with Gasteiger partial charge in [-0.3, -0.25) is 4.98 Å². The molecule has 4 aromatic heterocycles. The van der Waals surface area contributed by atoms with Crippen LogP contribution in [0.1, 0.15) is 25.0 Å². The zero-order chi connectivity index (χ0) is 34.3. The van der Waals surface area contributed by atoms with E-state index in [0.717, 1.165) is 22.2 Å². The maximum Gasteiger partial charge on any atom is 0.0871 e. The molecule has 0 saturated heterocycles. The first-order valence-electron chi connectivity index (χ1n) is 18.0. The number of aromatic nitrogens is 3. The molecule has 4 heterocycles. The van der Waals surface area contributed by atoms with Crippen molar-refractivity contribution < 1.29 is 0 Å². The van der Waals surface area contributed by atoms with E-state index >= 15 is 0 Å². The topological polar surface area (TPSA) is 22.2 Å². The predicted octanol–water partition coefficient (Wildman–Crippen LogP) is 13.1. The van der Waals surface area contributed by atoms with Crippen LogP contribution < -0.4 is 0 Å². The van der Waals surface area contributed by atoms with Gasteiger partial charge in [-0.25, -0.2) is 0 Å². The van der Waals surface area contributed by atoms with E-state index in [2.05, 4.69) is 168 Å². The van der Waals surface area contributed by atoms with Gasteiger partial charge in [0.2, 0.25) is 0 Å². The lowest BCUT2D eigenvalue weighted by Crippen LogP contribution is -2.14. The van der Waals surface area contributed by atoms with Gasteiger partial charge >= 0.3 is 0 Å². The summed E-state index contributed by atoms with van der Waals surface area (Å²) in [5.41, 5.74) is 15.9. The lowest BCUT2D eigenvalue weighted by Gasteiger charge is -2.21. The highest BCUT2D eigenvalue weighted by Gasteiger charge is 2.36. The molecule has 0 N–H and O–H groups in total. The minimum Gasteiger partial charge on any atom is -0.309 e. The number of fused-ring (bicyclic) bond motifs is 14. The molecule has 1 aliphatic carbocycles. The van der Waals surface area contributed by atoms with E-state index in [1.807, 2.05) is 17.5 Å². The minimum absolute atomic E-state index is 0.0683. The highest BCUT2D eigenvalue weighted by Crippen LogP contribution is 2.51. The molecular formula is C48H31N3S. The molecule has 0 bridgehead atoms. The van der Waals surface area contributed by atoms with E-state index in [-0.39, 0.29) is 5.41 Å². The number of rotatable bonds is 2. The molecule has 0 fully saturated rings. The smallest absolute Gasteiger partial charge is 0.0871 e. The lowest BCUT2D eigenvalue weighted by atomic mass is 9.82. The normalized spacial score (nSPS) is 13.7. The monoisotopic (exact) mass is 681 g/mol. The largest absolute Gasteiger partial charge is 0.309 e. The third kappa shape index (κ3) is 3.62. The maximum absolute atomic E-state index is 4.89. The Balaban J connectivity index is 1.13. The summed E-state index contributed by atoms with van der Waals surface area (Å²) >= 11 is 1.89. The number of hydrogen-bond donors (Lipinski definition) is 0. The third-order valence-electron chi connectivity index (χ3n) is 11.7. The first kappa shape index (κ1) is 28.5. The molecule has 0 aliphatic heterocycles. The molecular weight excluding hydrogens is 651 g/mol. The van der Waals surface area contributed by atoms with Gasteiger partial charge in [-0.1, -0.05) is 98.8 Å². The van der Waals surface area contributed by atoms with Crippen LogP contribution >= 0.6 is 11.3 Å². The number of benzene rings is 7. The molecule has 4 heteroatoms. The summed E-state index contributed by atoms with van der Waals surface area (Å²) in [4.78, 5) is 4.89. The Labute approximate surface area is 303 Å². The van der Waals surface area contributed by atoms with Crippen molar-refractivity contribution in [3.63, 3.8) is 0 Å². The van der Waals surface area contributed by atoms with Gasteiger partial charge in [-0.05, 0) is 88.5 Å². The summed E-state index contributed by atoms with van der Waals surface area (Å²) in [6, 6.07) is 54.0. The zero-order valence-corrected chi connectivity index (χ0v) is 29.5. The number of thiophene rings is 1. The van der Waals surface area contributed by atoms with Gasteiger partial charge in [0.25, 0.3) is 0 Å². The predicted molar refractivity (Wildman–Crippen MR) is 220 cm³/mol. The summed E-state index contributed by atoms with van der Waals surface area (Å²) in [5.74, 6) is 0. The molecule has 12 rings (SSSR count). The molecule has 0 saturated carbocycles. The van der Waals surface area contributed by atoms with E-state index in [0.29, 0.717) is 0 Å². The number of para-hydroxylation sites is 3. The van der Waals surface area contributed by atoms with Gasteiger partial charge in [0.15, 0.2) is 0 Å². The Hall–Kier alpha value is -6.23. The Morgan fingerprint density at radius 2 is 1.21 bits per heavy atom. The van der Waals surface area contributed by atoms with Crippen molar-refractivity contribution in [3.8, 4) is 27.9 Å². The van der Waals surface area contributed by atoms with Gasteiger partial charge in [0.1, 0.15) is 0 Å². The van der Waals surface area contributed by atoms with Crippen LogP contribution in [0.15, 0.2) is 152 Å². The average Bonchev–Trinajstić information content (AvgIpc) is 3.88. The fourth-order valence-electron chi connectivity index (χ4n) is 9.32. The second-order valence-corrected chi connectivity index (χ2v) is 15.9. The molecule has 1 aliphatic rings. The minimum atomic E-state index is -0.0683. The molecule has 0 atom stereocenters. The van der Waals surface area contributed by atoms with Crippen molar-refractivity contribution in [3.05, 3.63) is 163 Å². The second kappa shape index (κ2) is 9.97. The molecule has 244 valence electrons. The van der Waals surface area contributed by atoms with Crippen LogP contribution in [-0.2, 0) is 5.41 Å². The number of hydrogen-bond acceptors (Lipinski definition) is 2. The molecule has 0 unspecified atom stereocenters. The summed E-state index contributed by atoms with van der Waals surface area (Å²) in [7, 11) is 0. The van der Waals surface area contributed by atoms with E-state index < -0.39 is 0 Å². The second-order valence-electron chi connectivity index (χ2n) is 14.8. The van der Waals surface area contributed by atoms with Gasteiger partial charge in [0, 0.05) is 53.0 Å². The molecule has 0 radical (unpaired) electrons. The van der Waals surface area contributed by atoms with Crippen LogP contribution in [-0.4, -0.2) is 14.0 Å². The Morgan fingerprint density at radius 1 is 0.500 bits per heavy atom. The van der Waals surface area contributed by atoms with Crippen LogP contribution in [0.5, 0.6) is 0 Å². The van der Waals surface area contributed by atoms with E-state index in [1.165, 1.54) is 86.3 Å². The maximum atomic E-state index is 4.89. The van der Waals surface area contributed by atoms with Crippen molar-refractivity contribution in [1.29, 1.82) is 0 Å². The fourth-order valence-corrected chi connectivity index (χ4v) is 10.4. The van der Waals surface area contributed by atoms with Crippen LogP contribution in [0.2, 0.25) is 0 Å². The van der Waals surface area contributed by atoms with Crippen LogP contribution in [0.4, 0.5) is 0 Å². The van der Waals surface area contributed by atoms with E-state index in [1.54, 1.807) is 0 Å². The molecule has 52 heavy (non-hydrogen) atoms. The van der Waals surface area contributed by atoms with Crippen LogP contribution in [0.25, 0.3) is 97.4 Å². The van der Waals surface area contributed by atoms with Gasteiger partial charge < -0.3 is 8.97 Å². The SMILES string of the molecule is CC1(C)c2ccccc2-c2cc3c(cc21)c1cc2sc4ccccc4c2cc1n3-c1ccc(-c2c3ccccc3n3c2cnc2ccccc23)cc1. The van der Waals surface area contributed by atoms with E-state index in [4.69, 9.17) is 4.98 Å². The van der Waals surface area contributed by atoms with Crippen LogP contribution in [0, 0.1) is 0 Å². The molecule has 7 aromatic carbocycles. The Morgan fingerprint density at radius 3 is 2.10 bits per heavy atom. The van der Waals surface area contributed by atoms with Gasteiger partial charge in [0.05, 0.1) is 39.3 Å². The van der Waals surface area contributed by atoms with Crippen molar-refractivity contribution >= 4 is 80.8 Å². The zero-order valence-electron chi connectivity index (χ0n) is 28.7. The van der Waals surface area contributed by atoms with Gasteiger partial charge in [-0.2, -0.15) is 0 Å². The first-order valence-corrected chi connectivity index (χ1v) is 18.8. The van der Waals surface area contributed by atoms with Crippen molar-refractivity contribution in [2.45, 2.75) is 19.3 Å². The third-order valence-corrected chi connectivity index (χ3v) is 12.9. The summed E-state index contributed by atoms with van der Waals surface area (Å²) in [6.45, 7) is 4.75. The summed E-state index contributed by atoms with van der Waals surface area (Å²) < 4.78 is 7.53. The average molecular weight is 682 g/mol. The molecule has 11 aromatic rings. The number of nitrogens with zero attached hydrogens (tertiary/aromatic N) is 3. The fraction of sp³-hybridized carbons (Fsp3) is 0.0625. The van der Waals surface area contributed by atoms with Crippen molar-refractivity contribution in [1.82, 2.24) is 14.0 Å². The van der Waals surface area contributed by atoms with Gasteiger partial charge in [-0.15, -0.1) is 11.3 Å². The first-order chi connectivity index (χ1) is 25.5. The van der Waals surface area contributed by atoms with Crippen molar-refractivity contribution in [2.24, 2.45) is 0 Å². The van der Waals surface area contributed by atoms with Crippen molar-refractivity contribution in [2.75, 3.05) is 0 Å². The van der Waals surface area contributed by atoms with Crippen LogP contribution in [0.3, 0.4) is 0 Å². The summed E-state index contributed by atoms with van der Waals surface area (Å²) in [5, 5.41) is 6.48. The molecule has 0 spiro atoms. The quantitative estimate of drug-likeness (QED) is 0.178. The Kier molecular flexibility index (Phi) is 5.46. The highest BCUT2D eigenvalue weighted by atomic mass is 32.1. The standard InChI is InChI=1S/C48H31N3S/c1-48(2)37-14-6-3-11-30(37)33-24-42-34(23-38(33)48)35-26-46-36(31-12-5-10-18-45(31)52-46)25-43(35)50(42)29-21-19-28(20-22-29)47-32-13-4-8-16-40(32)51-41-17-9-7-15-39(41)49-27-44(47)51/h3-27H,1-2H3. The van der Waals surface area contributed by atoms with E-state index in [9.17, 15) is 0 Å².